The van der Waals surface area contributed by atoms with Gasteiger partial charge in [-0.25, -0.2) is 4.79 Å². The van der Waals surface area contributed by atoms with Crippen LogP contribution in [0.3, 0.4) is 0 Å². The second kappa shape index (κ2) is 9.15. The predicted octanol–water partition coefficient (Wildman–Crippen LogP) is 2.85. The van der Waals surface area contributed by atoms with Crippen LogP contribution in [0.5, 0.6) is 0 Å². The Hall–Kier alpha value is -2.18. The number of hydrogen-bond donors (Lipinski definition) is 2. The average molecular weight is 388 g/mol. The molecule has 1 fully saturated rings. The quantitative estimate of drug-likeness (QED) is 0.750. The van der Waals surface area contributed by atoms with Crippen molar-refractivity contribution in [1.29, 1.82) is 0 Å². The van der Waals surface area contributed by atoms with Gasteiger partial charge in [-0.2, -0.15) is 0 Å². The van der Waals surface area contributed by atoms with Gasteiger partial charge < -0.3 is 15.0 Å². The zero-order chi connectivity index (χ0) is 19.2. The molecule has 3 rings (SSSR count). The number of carbonyl (C=O) groups excluding carboxylic acids is 2. The summed E-state index contributed by atoms with van der Waals surface area (Å²) in [5, 5.41) is 5.44. The summed E-state index contributed by atoms with van der Waals surface area (Å²) in [6.45, 7) is 6.81. The van der Waals surface area contributed by atoms with Crippen molar-refractivity contribution in [2.75, 3.05) is 31.6 Å². The Labute approximate surface area is 164 Å². The first-order valence-electron chi connectivity index (χ1n) is 9.56. The van der Waals surface area contributed by atoms with Gasteiger partial charge in [-0.05, 0) is 25.3 Å². The fraction of sp³-hybridized carbons (Fsp3) is 0.429. The number of hydrogen-bond acceptors (Lipinski definition) is 4. The van der Waals surface area contributed by atoms with Crippen molar-refractivity contribution in [2.24, 2.45) is 5.92 Å². The molecule has 1 aliphatic heterocycles. The Morgan fingerprint density at radius 1 is 1.30 bits per heavy atom. The molecule has 1 aromatic carbocycles. The highest BCUT2D eigenvalue weighted by Gasteiger charge is 2.25. The van der Waals surface area contributed by atoms with Crippen LogP contribution in [0.2, 0.25) is 0 Å². The zero-order valence-corrected chi connectivity index (χ0v) is 16.7. The van der Waals surface area contributed by atoms with E-state index < -0.39 is 5.97 Å². The van der Waals surface area contributed by atoms with Gasteiger partial charge >= 0.3 is 5.97 Å². The molecule has 0 saturated carbocycles. The van der Waals surface area contributed by atoms with E-state index >= 15 is 0 Å². The second-order valence-corrected chi connectivity index (χ2v) is 8.00. The summed E-state index contributed by atoms with van der Waals surface area (Å²) in [7, 11) is 0. The molecule has 1 amide bonds. The molecule has 0 radical (unpaired) electrons. The standard InChI is InChI=1S/C21H26N2O3S/c1-3-26-21(25)19-17(16-9-5-4-6-10-16)14-27-20(19)22-18(24)13-23-11-7-8-15(2)12-23/h4-6,9-10,14-15H,3,7-8,11-13H2,1-2H3,(H,22,24)/p+1. The highest BCUT2D eigenvalue weighted by Crippen LogP contribution is 2.36. The topological polar surface area (TPSA) is 59.8 Å². The van der Waals surface area contributed by atoms with Crippen LogP contribution in [0.15, 0.2) is 35.7 Å². The molecule has 2 N–H and O–H groups in total. The number of esters is 1. The average Bonchev–Trinajstić information content (AvgIpc) is 3.06. The van der Waals surface area contributed by atoms with E-state index in [1.54, 1.807) is 6.92 Å². The van der Waals surface area contributed by atoms with Crippen LogP contribution in [0, 0.1) is 5.92 Å². The maximum absolute atomic E-state index is 12.6. The first kappa shape index (κ1) is 19.6. The smallest absolute Gasteiger partial charge is 0.341 e. The molecule has 2 unspecified atom stereocenters. The van der Waals surface area contributed by atoms with E-state index in [0.29, 0.717) is 29.6 Å². The lowest BCUT2D eigenvalue weighted by molar-refractivity contribution is -0.900. The molecular formula is C21H27N2O3S+. The molecule has 2 heterocycles. The maximum Gasteiger partial charge on any atom is 0.341 e. The fourth-order valence-corrected chi connectivity index (χ4v) is 4.62. The van der Waals surface area contributed by atoms with Crippen molar-refractivity contribution >= 4 is 28.2 Å². The summed E-state index contributed by atoms with van der Waals surface area (Å²) >= 11 is 1.37. The van der Waals surface area contributed by atoms with Gasteiger partial charge in [0.1, 0.15) is 10.6 Å². The predicted molar refractivity (Wildman–Crippen MR) is 108 cm³/mol. The molecule has 2 aromatic rings. The van der Waals surface area contributed by atoms with Crippen molar-refractivity contribution in [3.63, 3.8) is 0 Å². The van der Waals surface area contributed by atoms with E-state index in [1.807, 2.05) is 35.7 Å². The van der Waals surface area contributed by atoms with Crippen molar-refractivity contribution in [2.45, 2.75) is 26.7 Å². The van der Waals surface area contributed by atoms with Crippen molar-refractivity contribution in [3.05, 3.63) is 41.3 Å². The third-order valence-corrected chi connectivity index (χ3v) is 5.78. The van der Waals surface area contributed by atoms with E-state index in [1.165, 1.54) is 22.7 Å². The summed E-state index contributed by atoms with van der Waals surface area (Å²) in [5.41, 5.74) is 2.18. The molecule has 1 aliphatic rings. The van der Waals surface area contributed by atoms with Crippen LogP contribution in [-0.4, -0.2) is 38.1 Å². The monoisotopic (exact) mass is 387 g/mol. The zero-order valence-electron chi connectivity index (χ0n) is 15.9. The number of ether oxygens (including phenoxy) is 1. The minimum atomic E-state index is -0.396. The highest BCUT2D eigenvalue weighted by molar-refractivity contribution is 7.15. The van der Waals surface area contributed by atoms with E-state index in [9.17, 15) is 9.59 Å². The maximum atomic E-state index is 12.6. The number of rotatable bonds is 6. The molecule has 2 atom stereocenters. The van der Waals surface area contributed by atoms with Crippen LogP contribution >= 0.6 is 11.3 Å². The molecule has 0 aliphatic carbocycles. The number of carbonyl (C=O) groups is 2. The lowest BCUT2D eigenvalue weighted by atomic mass is 10.0. The number of amides is 1. The van der Waals surface area contributed by atoms with Crippen LogP contribution < -0.4 is 10.2 Å². The SMILES string of the molecule is CCOC(=O)c1c(-c2ccccc2)csc1NC(=O)C[NH+]1CCCC(C)C1. The Balaban J connectivity index is 1.79. The van der Waals surface area contributed by atoms with Gasteiger partial charge in [-0.15, -0.1) is 11.3 Å². The summed E-state index contributed by atoms with van der Waals surface area (Å²) in [6, 6.07) is 9.71. The number of nitrogens with one attached hydrogen (secondary N) is 2. The van der Waals surface area contributed by atoms with Crippen molar-refractivity contribution in [1.82, 2.24) is 0 Å². The van der Waals surface area contributed by atoms with Gasteiger partial charge in [-0.1, -0.05) is 37.3 Å². The third kappa shape index (κ3) is 4.96. The van der Waals surface area contributed by atoms with Crippen LogP contribution in [-0.2, 0) is 9.53 Å². The Kier molecular flexibility index (Phi) is 6.63. The summed E-state index contributed by atoms with van der Waals surface area (Å²) in [5.74, 6) is 0.209. The third-order valence-electron chi connectivity index (χ3n) is 4.88. The summed E-state index contributed by atoms with van der Waals surface area (Å²) < 4.78 is 5.25. The van der Waals surface area contributed by atoms with Gasteiger partial charge in [-0.3, -0.25) is 4.79 Å². The number of quaternary nitrogens is 1. The Bertz CT molecular complexity index is 788. The number of thiophene rings is 1. The van der Waals surface area contributed by atoms with E-state index in [-0.39, 0.29) is 5.91 Å². The van der Waals surface area contributed by atoms with Crippen LogP contribution in [0.25, 0.3) is 11.1 Å². The molecule has 6 heteroatoms. The minimum Gasteiger partial charge on any atom is -0.462 e. The van der Waals surface area contributed by atoms with Gasteiger partial charge in [0, 0.05) is 16.9 Å². The molecule has 1 aromatic heterocycles. The molecule has 0 bridgehead atoms. The fourth-order valence-electron chi connectivity index (χ4n) is 3.64. The van der Waals surface area contributed by atoms with E-state index in [0.717, 1.165) is 30.6 Å². The first-order valence-corrected chi connectivity index (χ1v) is 10.4. The van der Waals surface area contributed by atoms with Gasteiger partial charge in [0.25, 0.3) is 5.91 Å². The molecule has 144 valence electrons. The van der Waals surface area contributed by atoms with Crippen molar-refractivity contribution < 1.29 is 19.2 Å². The molecule has 1 saturated heterocycles. The molecule has 0 spiro atoms. The highest BCUT2D eigenvalue weighted by atomic mass is 32.1. The lowest BCUT2D eigenvalue weighted by Gasteiger charge is -2.27. The molecular weight excluding hydrogens is 360 g/mol. The molecule has 5 nitrogen and oxygen atoms in total. The number of benzene rings is 1. The van der Waals surface area contributed by atoms with Gasteiger partial charge in [0.15, 0.2) is 6.54 Å². The van der Waals surface area contributed by atoms with E-state index in [4.69, 9.17) is 4.74 Å². The number of piperidine rings is 1. The normalized spacial score (nSPS) is 19.5. The van der Waals surface area contributed by atoms with Crippen LogP contribution in [0.4, 0.5) is 5.00 Å². The lowest BCUT2D eigenvalue weighted by Crippen LogP contribution is -3.14. The molecule has 27 heavy (non-hydrogen) atoms. The van der Waals surface area contributed by atoms with Gasteiger partial charge in [0.2, 0.25) is 0 Å². The van der Waals surface area contributed by atoms with Crippen LogP contribution in [0.1, 0.15) is 37.0 Å². The summed E-state index contributed by atoms with van der Waals surface area (Å²) in [4.78, 5) is 26.5. The Morgan fingerprint density at radius 3 is 2.78 bits per heavy atom. The number of anilines is 1. The minimum absolute atomic E-state index is 0.0499. The Morgan fingerprint density at radius 2 is 2.07 bits per heavy atom. The summed E-state index contributed by atoms with van der Waals surface area (Å²) in [6.07, 6.45) is 2.40. The number of likely N-dealkylation sites (tertiary alicyclic amines) is 1. The van der Waals surface area contributed by atoms with Gasteiger partial charge in [0.05, 0.1) is 19.7 Å². The first-order chi connectivity index (χ1) is 13.1. The second-order valence-electron chi connectivity index (χ2n) is 7.12. The largest absolute Gasteiger partial charge is 0.462 e. The van der Waals surface area contributed by atoms with E-state index in [2.05, 4.69) is 12.2 Å². The van der Waals surface area contributed by atoms with Crippen molar-refractivity contribution in [3.8, 4) is 11.1 Å².